The Labute approximate surface area is 328 Å². The number of hydrogen-bond donors (Lipinski definition) is 7. The average molecular weight is 790 g/mol. The Morgan fingerprint density at radius 2 is 1.70 bits per heavy atom. The number of Topliss-reactive ketones (excluding diaryl/α,β-unsaturated/α-hetero) is 2. The Hall–Kier alpha value is -6.20. The molecule has 0 radical (unpaired) electrons. The number of aliphatic hydroxyl groups is 3. The standard InChI is InChI=1S/C40H47N5O12/c1-39(2,3)45(38(55)57-18-20-11-9-8-10-19(20)12-13-27(47)48)17-26(46)42-24-16-25(43(4)5)22-14-21-15-23-31(44(6)7)34(51)30(37(41)54)36(53)40(23,56)35(52)28(21)33(50)29(22)32(24)49/h8-13,16,21,23,31,49-50,53,56H,14-15,17-18H2,1-7H3,(H2,41,54)(H,42,46)(H,47,48)/t21-,23-,31-,40-/m0/s1. The normalized spacial score (nSPS) is 21.9. The number of amides is 3. The van der Waals surface area contributed by atoms with E-state index in [0.29, 0.717) is 22.4 Å². The number of carbonyl (C=O) groups is 6. The number of likely N-dealkylation sites (N-methyl/N-ethyl adjacent to an activating group) is 1. The highest BCUT2D eigenvalue weighted by atomic mass is 16.6. The van der Waals surface area contributed by atoms with Crippen molar-refractivity contribution in [3.8, 4) is 5.75 Å². The summed E-state index contributed by atoms with van der Waals surface area (Å²) in [6, 6.07) is 6.93. The van der Waals surface area contributed by atoms with Crippen molar-refractivity contribution in [3.05, 3.63) is 75.6 Å². The maximum Gasteiger partial charge on any atom is 0.411 e. The molecule has 17 heteroatoms. The molecule has 3 amide bonds. The molecule has 3 aliphatic rings. The number of ketones is 2. The van der Waals surface area contributed by atoms with Gasteiger partial charge in [0.05, 0.1) is 17.3 Å². The first kappa shape index (κ1) is 42.0. The number of aliphatic carboxylic acids is 1. The number of anilines is 2. The number of fused-ring (bicyclic) bond motifs is 3. The van der Waals surface area contributed by atoms with Gasteiger partial charge >= 0.3 is 12.1 Å². The van der Waals surface area contributed by atoms with Gasteiger partial charge in [-0.2, -0.15) is 0 Å². The van der Waals surface area contributed by atoms with Crippen molar-refractivity contribution in [1.29, 1.82) is 0 Å². The summed E-state index contributed by atoms with van der Waals surface area (Å²) >= 11 is 0. The lowest BCUT2D eigenvalue weighted by atomic mass is 9.57. The maximum atomic E-state index is 14.3. The zero-order valence-electron chi connectivity index (χ0n) is 32.6. The van der Waals surface area contributed by atoms with Gasteiger partial charge in [-0.25, -0.2) is 9.59 Å². The number of phenols is 1. The van der Waals surface area contributed by atoms with Crippen molar-refractivity contribution in [2.24, 2.45) is 17.6 Å². The van der Waals surface area contributed by atoms with E-state index in [-0.39, 0.29) is 36.3 Å². The monoisotopic (exact) mass is 789 g/mol. The third kappa shape index (κ3) is 7.55. The number of carbonyl (C=O) groups excluding carboxylic acids is 5. The lowest BCUT2D eigenvalue weighted by Crippen LogP contribution is -2.65. The van der Waals surface area contributed by atoms with Gasteiger partial charge in [-0.1, -0.05) is 24.3 Å². The van der Waals surface area contributed by atoms with E-state index in [2.05, 4.69) is 5.32 Å². The molecule has 0 saturated heterocycles. The minimum absolute atomic E-state index is 0.0305. The van der Waals surface area contributed by atoms with Crippen LogP contribution >= 0.6 is 0 Å². The van der Waals surface area contributed by atoms with Crippen LogP contribution < -0.4 is 16.0 Å². The van der Waals surface area contributed by atoms with Crippen molar-refractivity contribution in [1.82, 2.24) is 9.80 Å². The number of phenolic OH excluding ortho intramolecular Hbond substituents is 1. The van der Waals surface area contributed by atoms with E-state index >= 15 is 0 Å². The number of carboxylic acid groups (broad SMARTS) is 1. The first-order chi connectivity index (χ1) is 26.5. The van der Waals surface area contributed by atoms with Gasteiger partial charge in [-0.05, 0) is 82.5 Å². The van der Waals surface area contributed by atoms with Gasteiger partial charge in [0.25, 0.3) is 5.91 Å². The van der Waals surface area contributed by atoms with E-state index in [1.807, 2.05) is 0 Å². The maximum absolute atomic E-state index is 14.3. The molecule has 2 aromatic rings. The van der Waals surface area contributed by atoms with Crippen molar-refractivity contribution in [3.63, 3.8) is 0 Å². The molecule has 4 atom stereocenters. The predicted octanol–water partition coefficient (Wildman–Crippen LogP) is 2.50. The number of benzene rings is 2. The number of nitrogens with one attached hydrogen (secondary N) is 1. The number of aromatic hydroxyl groups is 1. The Morgan fingerprint density at radius 3 is 2.28 bits per heavy atom. The second-order valence-corrected chi connectivity index (χ2v) is 15.7. The van der Waals surface area contributed by atoms with Crippen LogP contribution in [0, 0.1) is 11.8 Å². The third-order valence-electron chi connectivity index (χ3n) is 10.6. The lowest BCUT2D eigenvalue weighted by Gasteiger charge is -2.50. The van der Waals surface area contributed by atoms with Crippen LogP contribution in [0.25, 0.3) is 11.8 Å². The van der Waals surface area contributed by atoms with Crippen LogP contribution in [-0.2, 0) is 41.7 Å². The Kier molecular flexibility index (Phi) is 11.3. The zero-order chi connectivity index (χ0) is 42.5. The number of aliphatic hydroxyl groups excluding tert-OH is 2. The van der Waals surface area contributed by atoms with Gasteiger partial charge < -0.3 is 46.2 Å². The van der Waals surface area contributed by atoms with Crippen LogP contribution in [0.15, 0.2) is 53.3 Å². The van der Waals surface area contributed by atoms with Gasteiger partial charge in [0.1, 0.15) is 36.0 Å². The van der Waals surface area contributed by atoms with Gasteiger partial charge in [-0.3, -0.25) is 29.0 Å². The molecule has 0 unspecified atom stereocenters. The number of nitrogens with two attached hydrogens (primary N) is 1. The molecule has 0 spiro atoms. The highest BCUT2D eigenvalue weighted by Gasteiger charge is 2.64. The van der Waals surface area contributed by atoms with Gasteiger partial charge in [0.2, 0.25) is 11.7 Å². The molecule has 1 saturated carbocycles. The summed E-state index contributed by atoms with van der Waals surface area (Å²) in [6.07, 6.45) is 1.39. The molecular weight excluding hydrogens is 742 g/mol. The van der Waals surface area contributed by atoms with Crippen LogP contribution in [0.1, 0.15) is 49.4 Å². The first-order valence-electron chi connectivity index (χ1n) is 18.0. The van der Waals surface area contributed by atoms with E-state index in [9.17, 15) is 49.2 Å². The van der Waals surface area contributed by atoms with Crippen molar-refractivity contribution in [2.75, 3.05) is 45.0 Å². The van der Waals surface area contributed by atoms with Crippen molar-refractivity contribution in [2.45, 2.75) is 57.4 Å². The van der Waals surface area contributed by atoms with E-state index in [1.54, 1.807) is 64.0 Å². The molecule has 0 aliphatic heterocycles. The van der Waals surface area contributed by atoms with Gasteiger partial charge in [-0.15, -0.1) is 0 Å². The average Bonchev–Trinajstić information content (AvgIpc) is 3.10. The summed E-state index contributed by atoms with van der Waals surface area (Å²) in [5.41, 5.74) is 1.79. The van der Waals surface area contributed by atoms with Gasteiger partial charge in [0, 0.05) is 42.9 Å². The number of ether oxygens (including phenoxy) is 1. The van der Waals surface area contributed by atoms with E-state index < -0.39 is 93.8 Å². The minimum Gasteiger partial charge on any atom is -0.508 e. The fourth-order valence-electron chi connectivity index (χ4n) is 7.90. The SMILES string of the molecule is CN(C)c1cc(NC(=O)CN(C(=O)OCc2ccccc2C=CC(=O)O)C(C)(C)C)c(O)c2c1C[C@H]1C[C@H]3[C@H](N(C)C)C(=O)C(C(N)=O)=C(O)[C@@]3(O)C(=O)C1=C2O. The smallest absolute Gasteiger partial charge is 0.411 e. The molecule has 0 aromatic heterocycles. The van der Waals surface area contributed by atoms with Crippen LogP contribution in [-0.4, -0.2) is 123 Å². The predicted molar refractivity (Wildman–Crippen MR) is 207 cm³/mol. The summed E-state index contributed by atoms with van der Waals surface area (Å²) < 4.78 is 5.55. The molecule has 17 nitrogen and oxygen atoms in total. The van der Waals surface area contributed by atoms with Crippen LogP contribution in [0.3, 0.4) is 0 Å². The molecule has 57 heavy (non-hydrogen) atoms. The molecular formula is C40H47N5O12. The second kappa shape index (κ2) is 15.4. The number of rotatable bonds is 10. The number of nitrogens with zero attached hydrogens (tertiary/aromatic N) is 3. The Morgan fingerprint density at radius 1 is 1.05 bits per heavy atom. The van der Waals surface area contributed by atoms with Crippen LogP contribution in [0.4, 0.5) is 16.2 Å². The third-order valence-corrected chi connectivity index (χ3v) is 10.6. The zero-order valence-corrected chi connectivity index (χ0v) is 32.6. The summed E-state index contributed by atoms with van der Waals surface area (Å²) in [4.78, 5) is 82.3. The highest BCUT2D eigenvalue weighted by Crippen LogP contribution is 2.54. The summed E-state index contributed by atoms with van der Waals surface area (Å²) in [5.74, 6) is -9.93. The van der Waals surface area contributed by atoms with E-state index in [1.165, 1.54) is 31.1 Å². The van der Waals surface area contributed by atoms with Crippen LogP contribution in [0.5, 0.6) is 5.75 Å². The fraction of sp³-hybridized carbons (Fsp3) is 0.400. The molecule has 304 valence electrons. The number of primary amides is 1. The molecule has 8 N–H and O–H groups in total. The molecule has 0 heterocycles. The Balaban J connectivity index is 1.48. The van der Waals surface area contributed by atoms with Gasteiger partial charge in [0.15, 0.2) is 11.4 Å². The summed E-state index contributed by atoms with van der Waals surface area (Å²) in [6.45, 7) is 4.23. The molecule has 0 bridgehead atoms. The summed E-state index contributed by atoms with van der Waals surface area (Å²) in [7, 11) is 6.39. The Bertz CT molecular complexity index is 2160. The largest absolute Gasteiger partial charge is 0.508 e. The fourth-order valence-corrected chi connectivity index (χ4v) is 7.90. The van der Waals surface area contributed by atoms with Crippen LogP contribution in [0.2, 0.25) is 0 Å². The number of hydrogen-bond acceptors (Lipinski definition) is 13. The topological polar surface area (TPSA) is 261 Å². The molecule has 5 rings (SSSR count). The quantitative estimate of drug-likeness (QED) is 0.104. The highest BCUT2D eigenvalue weighted by molar-refractivity contribution is 6.24. The summed E-state index contributed by atoms with van der Waals surface area (Å²) in [5, 5.41) is 58.2. The molecule has 2 aromatic carbocycles. The first-order valence-corrected chi connectivity index (χ1v) is 18.0. The second-order valence-electron chi connectivity index (χ2n) is 15.7. The van der Waals surface area contributed by atoms with E-state index in [4.69, 9.17) is 15.6 Å². The lowest BCUT2D eigenvalue weighted by molar-refractivity contribution is -0.153. The minimum atomic E-state index is -2.82. The van der Waals surface area contributed by atoms with E-state index in [0.717, 1.165) is 11.0 Å². The van der Waals surface area contributed by atoms with Crippen molar-refractivity contribution >= 4 is 58.7 Å². The number of carboxylic acids is 1. The van der Waals surface area contributed by atoms with Crippen molar-refractivity contribution < 1.29 is 59.0 Å². The molecule has 1 fully saturated rings. The molecule has 3 aliphatic carbocycles.